The summed E-state index contributed by atoms with van der Waals surface area (Å²) >= 11 is 0. The highest BCUT2D eigenvalue weighted by Crippen LogP contribution is 2.47. The molecule has 3 aliphatic rings. The highest BCUT2D eigenvalue weighted by atomic mass is 32.2. The monoisotopic (exact) mass is 343 g/mol. The summed E-state index contributed by atoms with van der Waals surface area (Å²) in [5.41, 5.74) is 1.71. The van der Waals surface area contributed by atoms with E-state index in [4.69, 9.17) is 4.42 Å². The summed E-state index contributed by atoms with van der Waals surface area (Å²) in [7, 11) is -3.36. The van der Waals surface area contributed by atoms with Gasteiger partial charge in [-0.3, -0.25) is 4.79 Å². The molecule has 2 fully saturated rings. The molecule has 0 N–H and O–H groups in total. The Bertz CT molecular complexity index is 928. The molecule has 0 spiro atoms. The zero-order valence-electron chi connectivity index (χ0n) is 13.0. The molecule has 1 amide bonds. The SMILES string of the molecule is O=C(C1CC1)N1C[C@@H]2[C@@H](C1)c1cc(-c3ccco3)ccc1S2(=O)=O. The first-order valence-corrected chi connectivity index (χ1v) is 9.81. The summed E-state index contributed by atoms with van der Waals surface area (Å²) in [6, 6.07) is 9.08. The lowest BCUT2D eigenvalue weighted by Crippen LogP contribution is -2.32. The first-order valence-electron chi connectivity index (χ1n) is 8.26. The fourth-order valence-electron chi connectivity index (χ4n) is 4.01. The minimum atomic E-state index is -3.36. The first-order chi connectivity index (χ1) is 11.6. The van der Waals surface area contributed by atoms with Crippen molar-refractivity contribution in [3.8, 4) is 11.3 Å². The highest BCUT2D eigenvalue weighted by Gasteiger charge is 2.52. The van der Waals surface area contributed by atoms with Crippen molar-refractivity contribution in [2.45, 2.75) is 28.9 Å². The Morgan fingerprint density at radius 2 is 2.00 bits per heavy atom. The average Bonchev–Trinajstić information content (AvgIpc) is 3.04. The summed E-state index contributed by atoms with van der Waals surface area (Å²) in [5, 5.41) is -0.498. The largest absolute Gasteiger partial charge is 0.464 e. The molecular formula is C18H17NO4S. The van der Waals surface area contributed by atoms with Crippen molar-refractivity contribution in [3.63, 3.8) is 0 Å². The van der Waals surface area contributed by atoms with Crippen LogP contribution in [0.1, 0.15) is 24.3 Å². The summed E-state index contributed by atoms with van der Waals surface area (Å²) in [5.74, 6) is 0.856. The number of nitrogens with zero attached hydrogens (tertiary/aromatic N) is 1. The van der Waals surface area contributed by atoms with Crippen molar-refractivity contribution >= 4 is 15.7 Å². The molecule has 5 nitrogen and oxygen atoms in total. The van der Waals surface area contributed by atoms with Crippen molar-refractivity contribution in [3.05, 3.63) is 42.2 Å². The summed E-state index contributed by atoms with van der Waals surface area (Å²) < 4.78 is 31.1. The number of carbonyl (C=O) groups excluding carboxylic acids is 1. The van der Waals surface area contributed by atoms with E-state index >= 15 is 0 Å². The molecule has 6 heteroatoms. The van der Waals surface area contributed by atoms with Gasteiger partial charge in [-0.25, -0.2) is 8.42 Å². The lowest BCUT2D eigenvalue weighted by molar-refractivity contribution is -0.131. The van der Waals surface area contributed by atoms with Gasteiger partial charge in [-0.2, -0.15) is 0 Å². The van der Waals surface area contributed by atoms with Gasteiger partial charge in [-0.1, -0.05) is 0 Å². The van der Waals surface area contributed by atoms with E-state index in [0.29, 0.717) is 18.0 Å². The van der Waals surface area contributed by atoms with Crippen LogP contribution in [0.15, 0.2) is 45.9 Å². The van der Waals surface area contributed by atoms with Crippen LogP contribution in [-0.4, -0.2) is 37.6 Å². The van der Waals surface area contributed by atoms with Crippen LogP contribution in [0.2, 0.25) is 0 Å². The molecule has 2 aromatic rings. The van der Waals surface area contributed by atoms with Crippen LogP contribution in [0, 0.1) is 5.92 Å². The molecular weight excluding hydrogens is 326 g/mol. The van der Waals surface area contributed by atoms with Crippen molar-refractivity contribution < 1.29 is 17.6 Å². The summed E-state index contributed by atoms with van der Waals surface area (Å²) in [6.07, 6.45) is 3.49. The molecule has 2 atom stereocenters. The van der Waals surface area contributed by atoms with Crippen LogP contribution >= 0.6 is 0 Å². The molecule has 3 heterocycles. The Kier molecular flexibility index (Phi) is 2.81. The number of amides is 1. The molecule has 1 saturated carbocycles. The number of sulfone groups is 1. The molecule has 1 aromatic carbocycles. The topological polar surface area (TPSA) is 67.6 Å². The van der Waals surface area contributed by atoms with E-state index in [9.17, 15) is 13.2 Å². The van der Waals surface area contributed by atoms with Crippen LogP contribution in [-0.2, 0) is 14.6 Å². The van der Waals surface area contributed by atoms with Gasteiger partial charge in [0.15, 0.2) is 9.84 Å². The third kappa shape index (κ3) is 1.92. The van der Waals surface area contributed by atoms with Gasteiger partial charge in [0.1, 0.15) is 5.76 Å². The van der Waals surface area contributed by atoms with Crippen LogP contribution in [0.25, 0.3) is 11.3 Å². The fourth-order valence-corrected chi connectivity index (χ4v) is 6.18. The number of benzene rings is 1. The van der Waals surface area contributed by atoms with Crippen molar-refractivity contribution in [2.24, 2.45) is 5.92 Å². The third-order valence-corrected chi connectivity index (χ3v) is 7.68. The van der Waals surface area contributed by atoms with Gasteiger partial charge in [0.2, 0.25) is 5.91 Å². The number of carbonyl (C=O) groups is 1. The van der Waals surface area contributed by atoms with Crippen molar-refractivity contribution in [1.29, 1.82) is 0 Å². The lowest BCUT2D eigenvalue weighted by atomic mass is 9.96. The van der Waals surface area contributed by atoms with Crippen LogP contribution in [0.5, 0.6) is 0 Å². The van der Waals surface area contributed by atoms with E-state index < -0.39 is 15.1 Å². The van der Waals surface area contributed by atoms with Gasteiger partial charge >= 0.3 is 0 Å². The maximum atomic E-state index is 12.9. The van der Waals surface area contributed by atoms with Gasteiger partial charge < -0.3 is 9.32 Å². The number of hydrogen-bond donors (Lipinski definition) is 0. The molecule has 2 aliphatic heterocycles. The second-order valence-electron chi connectivity index (χ2n) is 6.94. The Balaban J connectivity index is 1.56. The van der Waals surface area contributed by atoms with E-state index in [-0.39, 0.29) is 17.7 Å². The molecule has 0 unspecified atom stereocenters. The molecule has 1 aliphatic carbocycles. The zero-order chi connectivity index (χ0) is 16.5. The van der Waals surface area contributed by atoms with Crippen molar-refractivity contribution in [2.75, 3.05) is 13.1 Å². The highest BCUT2D eigenvalue weighted by molar-refractivity contribution is 7.92. The number of hydrogen-bond acceptors (Lipinski definition) is 4. The van der Waals surface area contributed by atoms with E-state index in [1.165, 1.54) is 0 Å². The number of furan rings is 1. The molecule has 1 saturated heterocycles. The van der Waals surface area contributed by atoms with Gasteiger partial charge in [0.25, 0.3) is 0 Å². The maximum Gasteiger partial charge on any atom is 0.225 e. The Hall–Kier alpha value is -2.08. The first kappa shape index (κ1) is 14.3. The van der Waals surface area contributed by atoms with E-state index in [2.05, 4.69) is 0 Å². The number of rotatable bonds is 2. The average molecular weight is 343 g/mol. The Labute approximate surface area is 140 Å². The molecule has 124 valence electrons. The van der Waals surface area contributed by atoms with Gasteiger partial charge in [-0.15, -0.1) is 0 Å². The Morgan fingerprint density at radius 1 is 1.17 bits per heavy atom. The minimum absolute atomic E-state index is 0.123. The third-order valence-electron chi connectivity index (χ3n) is 5.42. The molecule has 5 rings (SSSR count). The summed E-state index contributed by atoms with van der Waals surface area (Å²) in [4.78, 5) is 14.5. The van der Waals surface area contributed by atoms with Gasteiger partial charge in [-0.05, 0) is 48.7 Å². The van der Waals surface area contributed by atoms with Crippen LogP contribution in [0.4, 0.5) is 0 Å². The number of fused-ring (bicyclic) bond motifs is 3. The molecule has 0 radical (unpaired) electrons. The lowest BCUT2D eigenvalue weighted by Gasteiger charge is -2.17. The Morgan fingerprint density at radius 3 is 2.71 bits per heavy atom. The van der Waals surface area contributed by atoms with E-state index in [0.717, 1.165) is 29.7 Å². The predicted octanol–water partition coefficient (Wildman–Crippen LogP) is 2.44. The van der Waals surface area contributed by atoms with E-state index in [1.807, 2.05) is 18.2 Å². The normalized spacial score (nSPS) is 27.1. The van der Waals surface area contributed by atoms with Gasteiger partial charge in [0, 0.05) is 30.5 Å². The van der Waals surface area contributed by atoms with Crippen LogP contribution in [0.3, 0.4) is 0 Å². The van der Waals surface area contributed by atoms with Crippen LogP contribution < -0.4 is 0 Å². The maximum absolute atomic E-state index is 12.9. The molecule has 1 aromatic heterocycles. The number of likely N-dealkylation sites (tertiary alicyclic amines) is 1. The molecule has 0 bridgehead atoms. The smallest absolute Gasteiger partial charge is 0.225 e. The fraction of sp³-hybridized carbons (Fsp3) is 0.389. The summed E-state index contributed by atoms with van der Waals surface area (Å²) in [6.45, 7) is 0.834. The molecule has 24 heavy (non-hydrogen) atoms. The second kappa shape index (κ2) is 4.72. The second-order valence-corrected chi connectivity index (χ2v) is 9.07. The van der Waals surface area contributed by atoms with Crippen molar-refractivity contribution in [1.82, 2.24) is 4.90 Å². The predicted molar refractivity (Wildman–Crippen MR) is 87.2 cm³/mol. The zero-order valence-corrected chi connectivity index (χ0v) is 13.8. The standard InChI is InChI=1S/C18H17NO4S/c20-18(11-3-4-11)19-9-14-13-8-12(15-2-1-7-23-15)5-6-16(13)24(21,22)17(14)10-19/h1-2,5-8,11,14,17H,3-4,9-10H2/t14-,17+/m0/s1. The minimum Gasteiger partial charge on any atom is -0.464 e. The quantitative estimate of drug-likeness (QED) is 0.840. The van der Waals surface area contributed by atoms with E-state index in [1.54, 1.807) is 23.3 Å². The van der Waals surface area contributed by atoms with Gasteiger partial charge in [0.05, 0.1) is 16.4 Å².